The van der Waals surface area contributed by atoms with Crippen LogP contribution in [0.2, 0.25) is 0 Å². The van der Waals surface area contributed by atoms with Crippen LogP contribution in [0.5, 0.6) is 5.75 Å². The molecule has 4 amide bonds. The summed E-state index contributed by atoms with van der Waals surface area (Å²) in [5.74, 6) is 2.55. The molecule has 0 radical (unpaired) electrons. The van der Waals surface area contributed by atoms with Crippen molar-refractivity contribution < 1.29 is 38.6 Å². The van der Waals surface area contributed by atoms with Crippen LogP contribution < -0.4 is 10.7 Å². The molecule has 4 heterocycles. The molecule has 15 nitrogen and oxygen atoms in total. The number of hydrogen-bond donors (Lipinski definition) is 3. The number of rotatable bonds is 11. The van der Waals surface area contributed by atoms with Gasteiger partial charge in [-0.25, -0.2) is 5.43 Å². The number of carbonyl (C=O) groups is 5. The molecule has 3 aromatic carbocycles. The number of methoxy groups -OCH3 is 1. The Morgan fingerprint density at radius 3 is 2.51 bits per heavy atom. The normalized spacial score (nSPS) is 19.9. The van der Waals surface area contributed by atoms with Gasteiger partial charge in [-0.15, -0.1) is 0 Å². The Morgan fingerprint density at radius 2 is 1.79 bits per heavy atom. The molecule has 0 aliphatic carbocycles. The van der Waals surface area contributed by atoms with Crippen LogP contribution in [-0.4, -0.2) is 145 Å². The van der Waals surface area contributed by atoms with Gasteiger partial charge in [0.05, 0.1) is 31.4 Å². The molecule has 3 aliphatic heterocycles. The fourth-order valence-electron chi connectivity index (χ4n) is 10.3. The number of cyclic esters (lactones) is 1. The third-order valence-corrected chi connectivity index (χ3v) is 13.8. The summed E-state index contributed by atoms with van der Waals surface area (Å²) in [6, 6.07) is 17.0. The van der Waals surface area contributed by atoms with Crippen LogP contribution in [0.25, 0.3) is 33.3 Å². The molecule has 4 aromatic rings. The number of hydrogen-bond acceptors (Lipinski definition) is 10. The standard InChI is InChI=1S/C55H71N7O8/c1-10-61-47-20-19-38-31-43(47)44(50(61)42-16-12-11-15-37(42)22-26-69-9)32-55(4,5)34-70-54(68)45-17-13-24-62(57-45)53(67)46(29-36-27-40(38)30-41(63)28-36)56-51(65)49(35(2)3)59(8)52(66)39-21-25-60(33-39)48(64)18-14-23-58(6)7/h11-12,15-16,19-20,27-28,30-31,35,39,45-46,49,57,63H,10,13,17,21-26,29,32-34H2,1-9H3,(H,56,65)/t39-,45-,46-,49-/m0/s1. The monoisotopic (exact) mass is 958 g/mol. The number of ether oxygens (including phenoxy) is 2. The second kappa shape index (κ2) is 22.3. The summed E-state index contributed by atoms with van der Waals surface area (Å²) in [5, 5.41) is 16.8. The van der Waals surface area contributed by atoms with E-state index < -0.39 is 47.2 Å². The maximum atomic E-state index is 14.8. The van der Waals surface area contributed by atoms with E-state index in [0.717, 1.165) is 50.8 Å². The molecule has 4 atom stereocenters. The number of phenols is 1. The molecule has 2 saturated heterocycles. The topological polar surface area (TPSA) is 166 Å². The maximum Gasteiger partial charge on any atom is 0.324 e. The van der Waals surface area contributed by atoms with Crippen LogP contribution in [-0.2, 0) is 59.3 Å². The van der Waals surface area contributed by atoms with Gasteiger partial charge in [0.2, 0.25) is 11.8 Å². The van der Waals surface area contributed by atoms with Gasteiger partial charge >= 0.3 is 5.97 Å². The Morgan fingerprint density at radius 1 is 1.01 bits per heavy atom. The van der Waals surface area contributed by atoms with Crippen molar-refractivity contribution in [3.8, 4) is 40.0 Å². The van der Waals surface area contributed by atoms with Gasteiger partial charge in [-0.05, 0) is 117 Å². The minimum Gasteiger partial charge on any atom is -0.508 e. The predicted octanol–water partition coefficient (Wildman–Crippen LogP) is 5.43. The van der Waals surface area contributed by atoms with Crippen molar-refractivity contribution in [2.75, 3.05) is 67.6 Å². The fourth-order valence-corrected chi connectivity index (χ4v) is 10.3. The van der Waals surface area contributed by atoms with Crippen molar-refractivity contribution in [1.82, 2.24) is 35.0 Å². The lowest BCUT2D eigenvalue weighted by atomic mass is 9.83. The van der Waals surface area contributed by atoms with E-state index in [-0.39, 0.29) is 49.6 Å². The highest BCUT2D eigenvalue weighted by Gasteiger charge is 2.40. The number of aryl methyl sites for hydroxylation is 1. The van der Waals surface area contributed by atoms with Gasteiger partial charge < -0.3 is 34.3 Å². The smallest absolute Gasteiger partial charge is 0.324 e. The van der Waals surface area contributed by atoms with E-state index in [1.165, 1.54) is 9.91 Å². The molecule has 0 unspecified atom stereocenters. The highest BCUT2D eigenvalue weighted by atomic mass is 16.5. The number of carbonyl (C=O) groups excluding carboxylic acids is 5. The van der Waals surface area contributed by atoms with E-state index in [2.05, 4.69) is 84.3 Å². The number of esters is 1. The Labute approximate surface area is 412 Å². The molecule has 15 heteroatoms. The highest BCUT2D eigenvalue weighted by Crippen LogP contribution is 2.41. The van der Waals surface area contributed by atoms with Crippen molar-refractivity contribution in [2.24, 2.45) is 17.3 Å². The van der Waals surface area contributed by atoms with Gasteiger partial charge in [0.15, 0.2) is 0 Å². The van der Waals surface area contributed by atoms with E-state index in [4.69, 9.17) is 9.47 Å². The van der Waals surface area contributed by atoms with Crippen LogP contribution >= 0.6 is 0 Å². The Bertz CT molecular complexity index is 2660. The summed E-state index contributed by atoms with van der Waals surface area (Å²) >= 11 is 0. The van der Waals surface area contributed by atoms with E-state index in [0.29, 0.717) is 57.5 Å². The number of phenolic OH excluding ortho intramolecular Hbond substituents is 1. The average Bonchev–Trinajstić information content (AvgIpc) is 3.94. The molecular formula is C55H71N7O8. The Kier molecular flexibility index (Phi) is 16.4. The Hall–Kier alpha value is -6.21. The number of amides is 4. The SMILES string of the molecule is CCn1c(-c2ccccc2CCOC)c2c3cc(ccc31)-c1cc(O)cc(c1)C[C@H](NC(=O)[C@H](C(C)C)N(C)C(=O)[C@H]1CCN(C(=O)C#CCN(C)C)C1)C(=O)N1CCC[C@H](N1)C(=O)OCC(C)(C)C2. The number of fused-ring (bicyclic) bond motifs is 6. The molecule has 6 bridgehead atoms. The van der Waals surface area contributed by atoms with Gasteiger partial charge in [-0.2, -0.15) is 0 Å². The molecule has 70 heavy (non-hydrogen) atoms. The summed E-state index contributed by atoms with van der Waals surface area (Å²) in [5.41, 5.74) is 10.3. The highest BCUT2D eigenvalue weighted by molar-refractivity contribution is 5.97. The van der Waals surface area contributed by atoms with Crippen molar-refractivity contribution >= 4 is 40.5 Å². The summed E-state index contributed by atoms with van der Waals surface area (Å²) < 4.78 is 14.0. The second-order valence-electron chi connectivity index (χ2n) is 20.5. The lowest BCUT2D eigenvalue weighted by molar-refractivity contribution is -0.155. The molecule has 3 N–H and O–H groups in total. The van der Waals surface area contributed by atoms with Crippen LogP contribution in [0.1, 0.15) is 70.6 Å². The summed E-state index contributed by atoms with van der Waals surface area (Å²) in [6.07, 6.45) is 2.69. The molecule has 3 aliphatic rings. The molecule has 374 valence electrons. The zero-order valence-electron chi connectivity index (χ0n) is 42.4. The molecule has 1 aromatic heterocycles. The van der Waals surface area contributed by atoms with Crippen molar-refractivity contribution in [2.45, 2.75) is 97.8 Å². The number of nitrogens with zero attached hydrogens (tertiary/aromatic N) is 5. The van der Waals surface area contributed by atoms with Crippen LogP contribution in [0.3, 0.4) is 0 Å². The molecule has 0 saturated carbocycles. The number of hydrazine groups is 1. The maximum absolute atomic E-state index is 14.8. The number of aromatic hydroxyl groups is 1. The first-order chi connectivity index (χ1) is 33.4. The zero-order valence-corrected chi connectivity index (χ0v) is 42.4. The first kappa shape index (κ1) is 51.6. The van der Waals surface area contributed by atoms with E-state index in [9.17, 15) is 29.1 Å². The molecule has 7 rings (SSSR count). The summed E-state index contributed by atoms with van der Waals surface area (Å²) in [7, 11) is 7.03. The summed E-state index contributed by atoms with van der Waals surface area (Å²) in [6.45, 7) is 12.7. The second-order valence-corrected chi connectivity index (χ2v) is 20.5. The molecule has 2 fully saturated rings. The summed E-state index contributed by atoms with van der Waals surface area (Å²) in [4.78, 5) is 75.2. The van der Waals surface area contributed by atoms with Crippen molar-refractivity contribution in [3.05, 3.63) is 77.4 Å². The van der Waals surface area contributed by atoms with Gasteiger partial charge in [-0.1, -0.05) is 70.0 Å². The predicted molar refractivity (Wildman–Crippen MR) is 270 cm³/mol. The first-order valence-corrected chi connectivity index (χ1v) is 24.7. The van der Waals surface area contributed by atoms with Crippen LogP contribution in [0.15, 0.2) is 60.7 Å². The van der Waals surface area contributed by atoms with Crippen LogP contribution in [0, 0.1) is 29.1 Å². The van der Waals surface area contributed by atoms with E-state index in [1.807, 2.05) is 45.0 Å². The lowest BCUT2D eigenvalue weighted by Crippen LogP contribution is -2.62. The fraction of sp³-hybridized carbons (Fsp3) is 0.509. The minimum absolute atomic E-state index is 0.00293. The van der Waals surface area contributed by atoms with Crippen molar-refractivity contribution in [3.63, 3.8) is 0 Å². The number of aromatic nitrogens is 1. The van der Waals surface area contributed by atoms with Gasteiger partial charge in [0.25, 0.3) is 11.8 Å². The van der Waals surface area contributed by atoms with E-state index >= 15 is 0 Å². The van der Waals surface area contributed by atoms with E-state index in [1.54, 1.807) is 31.2 Å². The largest absolute Gasteiger partial charge is 0.508 e. The zero-order chi connectivity index (χ0) is 50.4. The van der Waals surface area contributed by atoms with Gasteiger partial charge in [0, 0.05) is 68.6 Å². The number of likely N-dealkylation sites (N-methyl/N-ethyl adjacent to an activating group) is 1. The van der Waals surface area contributed by atoms with Crippen molar-refractivity contribution in [1.29, 1.82) is 0 Å². The molecule has 0 spiro atoms. The average molecular weight is 958 g/mol. The number of nitrogens with one attached hydrogen (secondary N) is 2. The van der Waals surface area contributed by atoms with Crippen LogP contribution in [0.4, 0.5) is 0 Å². The first-order valence-electron chi connectivity index (χ1n) is 24.7. The lowest BCUT2D eigenvalue weighted by Gasteiger charge is -2.37. The third kappa shape index (κ3) is 11.7. The number of likely N-dealkylation sites (tertiary alicyclic amines) is 1. The third-order valence-electron chi connectivity index (χ3n) is 13.8. The van der Waals surface area contributed by atoms with Gasteiger partial charge in [0.1, 0.15) is 23.9 Å². The minimum atomic E-state index is -1.17. The van der Waals surface area contributed by atoms with Gasteiger partial charge in [-0.3, -0.25) is 33.9 Å². The Balaban J connectivity index is 1.26. The molecular weight excluding hydrogens is 887 g/mol. The number of benzene rings is 3. The quantitative estimate of drug-likeness (QED) is 0.130.